The molecule has 5 rings (SSSR count). The SMILES string of the molecule is C1OCC23C1NC2C12OC1C32. The van der Waals surface area contributed by atoms with E-state index in [4.69, 9.17) is 9.47 Å². The summed E-state index contributed by atoms with van der Waals surface area (Å²) in [4.78, 5) is 0. The van der Waals surface area contributed by atoms with Gasteiger partial charge in [0, 0.05) is 23.4 Å². The molecule has 58 valence electrons. The first-order valence-electron chi connectivity index (χ1n) is 4.42. The van der Waals surface area contributed by atoms with Crippen LogP contribution >= 0.6 is 0 Å². The van der Waals surface area contributed by atoms with Gasteiger partial charge in [0.05, 0.1) is 19.3 Å². The van der Waals surface area contributed by atoms with Crippen molar-refractivity contribution in [3.63, 3.8) is 0 Å². The van der Waals surface area contributed by atoms with Gasteiger partial charge in [0.15, 0.2) is 0 Å². The summed E-state index contributed by atoms with van der Waals surface area (Å²) in [5.74, 6) is 0.897. The predicted molar refractivity (Wildman–Crippen MR) is 35.1 cm³/mol. The van der Waals surface area contributed by atoms with Gasteiger partial charge in [-0.05, 0) is 0 Å². The van der Waals surface area contributed by atoms with Crippen LogP contribution in [0.15, 0.2) is 0 Å². The molecule has 5 aliphatic rings. The lowest BCUT2D eigenvalue weighted by Crippen LogP contribution is -2.82. The number of hydrogen-bond donors (Lipinski definition) is 1. The van der Waals surface area contributed by atoms with Gasteiger partial charge >= 0.3 is 0 Å². The Kier molecular flexibility index (Phi) is 0.407. The van der Waals surface area contributed by atoms with Crippen molar-refractivity contribution in [2.24, 2.45) is 11.3 Å². The minimum Gasteiger partial charge on any atom is -0.379 e. The van der Waals surface area contributed by atoms with Gasteiger partial charge in [-0.1, -0.05) is 0 Å². The van der Waals surface area contributed by atoms with E-state index in [1.54, 1.807) is 0 Å². The van der Waals surface area contributed by atoms with E-state index in [1.165, 1.54) is 0 Å². The quantitative estimate of drug-likeness (QED) is 0.457. The Labute approximate surface area is 64.0 Å². The van der Waals surface area contributed by atoms with Gasteiger partial charge in [-0.15, -0.1) is 0 Å². The summed E-state index contributed by atoms with van der Waals surface area (Å²) in [6.45, 7) is 1.94. The van der Waals surface area contributed by atoms with Gasteiger partial charge in [-0.3, -0.25) is 0 Å². The molecule has 3 saturated heterocycles. The van der Waals surface area contributed by atoms with Gasteiger partial charge in [-0.25, -0.2) is 0 Å². The number of nitrogens with one attached hydrogen (secondary N) is 1. The molecule has 0 radical (unpaired) electrons. The Balaban J connectivity index is 1.72. The molecule has 5 fully saturated rings. The van der Waals surface area contributed by atoms with Crippen molar-refractivity contribution in [2.75, 3.05) is 13.2 Å². The number of rotatable bonds is 0. The number of epoxide rings is 1. The highest BCUT2D eigenvalue weighted by atomic mass is 16.7. The zero-order valence-corrected chi connectivity index (χ0v) is 6.04. The maximum absolute atomic E-state index is 5.51. The van der Waals surface area contributed by atoms with E-state index in [0.29, 0.717) is 29.2 Å². The zero-order chi connectivity index (χ0) is 6.84. The number of fused-ring (bicyclic) bond motifs is 1. The second-order valence-electron chi connectivity index (χ2n) is 4.65. The second kappa shape index (κ2) is 0.934. The molecule has 2 aliphatic carbocycles. The average Bonchev–Trinajstić information content (AvgIpc) is 2.75. The zero-order valence-electron chi connectivity index (χ0n) is 6.04. The van der Waals surface area contributed by atoms with Crippen molar-refractivity contribution in [3.05, 3.63) is 0 Å². The third kappa shape index (κ3) is 0.228. The number of hydrogen-bond acceptors (Lipinski definition) is 3. The fraction of sp³-hybridized carbons (Fsp3) is 1.00. The molecule has 11 heavy (non-hydrogen) atoms. The van der Waals surface area contributed by atoms with Crippen molar-refractivity contribution < 1.29 is 9.47 Å². The summed E-state index contributed by atoms with van der Waals surface area (Å²) in [5.41, 5.74) is 0.924. The van der Waals surface area contributed by atoms with Crippen LogP contribution in [0.2, 0.25) is 0 Å². The summed E-state index contributed by atoms with van der Waals surface area (Å²) in [6, 6.07) is 1.36. The van der Waals surface area contributed by atoms with E-state index in [9.17, 15) is 0 Å². The highest BCUT2D eigenvalue weighted by Gasteiger charge is 3.04. The summed E-state index contributed by atoms with van der Waals surface area (Å²) in [7, 11) is 0. The molecule has 6 atom stereocenters. The van der Waals surface area contributed by atoms with E-state index >= 15 is 0 Å². The summed E-state index contributed by atoms with van der Waals surface area (Å²) in [6.07, 6.45) is 0.645. The van der Waals surface area contributed by atoms with Crippen molar-refractivity contribution >= 4 is 0 Å². The number of ether oxygens (including phenoxy) is 2. The Bertz CT molecular complexity index is 294. The van der Waals surface area contributed by atoms with E-state index in [2.05, 4.69) is 5.32 Å². The second-order valence-corrected chi connectivity index (χ2v) is 4.65. The number of piperidine rings is 1. The fourth-order valence-electron chi connectivity index (χ4n) is 4.02. The van der Waals surface area contributed by atoms with Crippen molar-refractivity contribution in [1.82, 2.24) is 5.32 Å². The van der Waals surface area contributed by atoms with E-state index in [0.717, 1.165) is 19.1 Å². The first-order chi connectivity index (χ1) is 5.41. The Morgan fingerprint density at radius 3 is 3.18 bits per heavy atom. The molecular weight excluding hydrogens is 142 g/mol. The molecular formula is C8H9NO2. The third-order valence-electron chi connectivity index (χ3n) is 4.62. The molecule has 1 N–H and O–H groups in total. The first kappa shape index (κ1) is 4.80. The first-order valence-corrected chi connectivity index (χ1v) is 4.42. The lowest BCUT2D eigenvalue weighted by atomic mass is 9.53. The summed E-state index contributed by atoms with van der Waals surface area (Å²) >= 11 is 0. The van der Waals surface area contributed by atoms with Crippen molar-refractivity contribution in [2.45, 2.75) is 23.8 Å². The monoisotopic (exact) mass is 151 g/mol. The molecule has 3 nitrogen and oxygen atoms in total. The third-order valence-corrected chi connectivity index (χ3v) is 4.62. The minimum atomic E-state index is 0.365. The summed E-state index contributed by atoms with van der Waals surface area (Å²) in [5, 5.41) is 3.56. The maximum atomic E-state index is 5.51. The van der Waals surface area contributed by atoms with E-state index in [-0.39, 0.29) is 0 Å². The normalized spacial score (nSPS) is 85.1. The van der Waals surface area contributed by atoms with Gasteiger partial charge in [0.25, 0.3) is 0 Å². The largest absolute Gasteiger partial charge is 0.379 e. The lowest BCUT2D eigenvalue weighted by Gasteiger charge is -2.62. The maximum Gasteiger partial charge on any atom is 0.117 e. The van der Waals surface area contributed by atoms with Crippen LogP contribution in [0, 0.1) is 11.3 Å². The molecule has 6 unspecified atom stereocenters. The standard InChI is InChI=1S/C8H9NO2/c1-3-7(2-10-1)4-5-8(4,11-5)6(7)9-3/h3-6,9H,1-2H2. The molecule has 3 heteroatoms. The van der Waals surface area contributed by atoms with E-state index < -0.39 is 0 Å². The Hall–Kier alpha value is -0.120. The average molecular weight is 151 g/mol. The lowest BCUT2D eigenvalue weighted by molar-refractivity contribution is -0.165. The topological polar surface area (TPSA) is 33.8 Å². The minimum absolute atomic E-state index is 0.365. The molecule has 2 saturated carbocycles. The van der Waals surface area contributed by atoms with Gasteiger partial charge in [-0.2, -0.15) is 0 Å². The molecule has 3 aliphatic heterocycles. The van der Waals surface area contributed by atoms with Gasteiger partial charge in [0.1, 0.15) is 5.60 Å². The molecule has 0 amide bonds. The van der Waals surface area contributed by atoms with Crippen LogP contribution in [0.25, 0.3) is 0 Å². The molecule has 0 bridgehead atoms. The smallest absolute Gasteiger partial charge is 0.117 e. The Morgan fingerprint density at radius 2 is 2.45 bits per heavy atom. The molecule has 0 aromatic rings. The molecule has 2 spiro atoms. The van der Waals surface area contributed by atoms with Crippen LogP contribution in [0.3, 0.4) is 0 Å². The molecule has 0 aromatic heterocycles. The highest BCUT2D eigenvalue weighted by Crippen LogP contribution is 2.88. The van der Waals surface area contributed by atoms with Gasteiger partial charge in [0.2, 0.25) is 0 Å². The highest BCUT2D eigenvalue weighted by molar-refractivity contribution is 5.54. The van der Waals surface area contributed by atoms with Crippen LogP contribution < -0.4 is 5.32 Å². The predicted octanol–water partition coefficient (Wildman–Crippen LogP) is -0.876. The van der Waals surface area contributed by atoms with Crippen LogP contribution in [0.4, 0.5) is 0 Å². The van der Waals surface area contributed by atoms with Crippen LogP contribution in [0.5, 0.6) is 0 Å². The molecule has 3 heterocycles. The van der Waals surface area contributed by atoms with Crippen molar-refractivity contribution in [1.29, 1.82) is 0 Å². The summed E-state index contributed by atoms with van der Waals surface area (Å²) < 4.78 is 11.0. The van der Waals surface area contributed by atoms with E-state index in [1.807, 2.05) is 0 Å². The van der Waals surface area contributed by atoms with Crippen LogP contribution in [0.1, 0.15) is 0 Å². The van der Waals surface area contributed by atoms with Gasteiger partial charge < -0.3 is 14.8 Å². The van der Waals surface area contributed by atoms with Crippen molar-refractivity contribution in [3.8, 4) is 0 Å². The van der Waals surface area contributed by atoms with Crippen LogP contribution in [-0.4, -0.2) is 37.0 Å². The molecule has 0 aromatic carbocycles. The van der Waals surface area contributed by atoms with Crippen LogP contribution in [-0.2, 0) is 9.47 Å². The Morgan fingerprint density at radius 1 is 1.45 bits per heavy atom. The fourth-order valence-corrected chi connectivity index (χ4v) is 4.02.